The molecule has 0 aromatic carbocycles. The lowest BCUT2D eigenvalue weighted by atomic mass is 10.0. The van der Waals surface area contributed by atoms with E-state index < -0.39 is 26.5 Å². The second kappa shape index (κ2) is 37.0. The van der Waals surface area contributed by atoms with Crippen LogP contribution < -0.4 is 0 Å². The van der Waals surface area contributed by atoms with Crippen LogP contribution in [0.5, 0.6) is 0 Å². The fourth-order valence-corrected chi connectivity index (χ4v) is 6.28. The number of carbonyl (C=O) groups excluding carboxylic acids is 2. The number of unbranched alkanes of at least 4 members (excludes halogenated alkanes) is 19. The number of phosphoric acid groups is 1. The molecule has 0 aliphatic rings. The smallest absolute Gasteiger partial charge is 0.462 e. The summed E-state index contributed by atoms with van der Waals surface area (Å²) in [7, 11) is -4.28. The van der Waals surface area contributed by atoms with E-state index in [1.165, 1.54) is 89.9 Å². The molecule has 0 spiro atoms. The molecule has 0 rings (SSSR count). The summed E-state index contributed by atoms with van der Waals surface area (Å²) in [6, 6.07) is 0. The first-order valence-electron chi connectivity index (χ1n) is 20.3. The van der Waals surface area contributed by atoms with Gasteiger partial charge in [0.2, 0.25) is 0 Å². The van der Waals surface area contributed by atoms with Crippen molar-refractivity contribution in [3.63, 3.8) is 0 Å². The number of allylic oxidation sites excluding steroid dienone is 6. The Morgan fingerprint density at radius 1 is 0.560 bits per heavy atom. The van der Waals surface area contributed by atoms with Gasteiger partial charge in [-0.05, 0) is 51.9 Å². The molecule has 2 atom stereocenters. The van der Waals surface area contributed by atoms with Crippen molar-refractivity contribution in [2.75, 3.05) is 19.8 Å². The average molecular weight is 727 g/mol. The third-order valence-corrected chi connectivity index (χ3v) is 9.52. The molecule has 0 aliphatic carbocycles. The van der Waals surface area contributed by atoms with E-state index in [2.05, 4.69) is 50.3 Å². The third kappa shape index (κ3) is 36.1. The molecule has 0 aromatic rings. The van der Waals surface area contributed by atoms with Crippen LogP contribution in [-0.2, 0) is 32.7 Å². The van der Waals surface area contributed by atoms with Crippen LogP contribution in [0.1, 0.15) is 188 Å². The molecule has 0 amide bonds. The van der Waals surface area contributed by atoms with Crippen LogP contribution in [0.4, 0.5) is 0 Å². The van der Waals surface area contributed by atoms with Crippen molar-refractivity contribution < 1.29 is 37.6 Å². The van der Waals surface area contributed by atoms with Crippen LogP contribution in [0, 0.1) is 0 Å². The maximum absolute atomic E-state index is 12.5. The molecule has 2 unspecified atom stereocenters. The first-order chi connectivity index (χ1) is 24.3. The molecule has 8 nitrogen and oxygen atoms in total. The van der Waals surface area contributed by atoms with Gasteiger partial charge in [-0.3, -0.25) is 18.6 Å². The van der Waals surface area contributed by atoms with Crippen LogP contribution >= 0.6 is 7.82 Å². The van der Waals surface area contributed by atoms with E-state index in [-0.39, 0.29) is 25.6 Å². The van der Waals surface area contributed by atoms with Gasteiger partial charge in [-0.25, -0.2) is 4.57 Å². The Kier molecular flexibility index (Phi) is 35.8. The molecule has 1 N–H and O–H groups in total. The average Bonchev–Trinajstić information content (AvgIpc) is 3.09. The van der Waals surface area contributed by atoms with E-state index in [0.29, 0.717) is 12.8 Å². The van der Waals surface area contributed by atoms with Crippen molar-refractivity contribution in [3.05, 3.63) is 36.5 Å². The van der Waals surface area contributed by atoms with Crippen molar-refractivity contribution in [1.29, 1.82) is 0 Å². The number of esters is 2. The predicted octanol–water partition coefficient (Wildman–Crippen LogP) is 12.4. The molecule has 9 heteroatoms. The van der Waals surface area contributed by atoms with Gasteiger partial charge in [-0.1, -0.05) is 159 Å². The van der Waals surface area contributed by atoms with Crippen LogP contribution in [0.2, 0.25) is 0 Å². The standard InChI is InChI=1S/C41H75O8P/c1-4-7-9-11-13-15-17-19-20-21-22-24-25-27-29-31-33-35-40(42)46-37-39(38-48-50(44,45)47-6-3)49-41(43)36-34-32-30-28-26-23-18-16-14-12-10-8-5-2/h8,10,14,16,23,26,39H,4-7,9,11-13,15,17-22,24-25,27-38H2,1-3H3,(H,44,45)/b10-8-,16-14-,26-23-. The molecule has 0 aromatic heterocycles. The Bertz CT molecular complexity index is 916. The Morgan fingerprint density at radius 2 is 1.02 bits per heavy atom. The quantitative estimate of drug-likeness (QED) is 0.0292. The lowest BCUT2D eigenvalue weighted by Crippen LogP contribution is -2.29. The summed E-state index contributed by atoms with van der Waals surface area (Å²) in [5, 5.41) is 0. The van der Waals surface area contributed by atoms with Gasteiger partial charge in [0.05, 0.1) is 13.2 Å². The van der Waals surface area contributed by atoms with Crippen molar-refractivity contribution in [2.45, 2.75) is 194 Å². The van der Waals surface area contributed by atoms with E-state index in [4.69, 9.17) is 18.5 Å². The largest absolute Gasteiger partial charge is 0.472 e. The highest BCUT2D eigenvalue weighted by Crippen LogP contribution is 2.43. The first-order valence-corrected chi connectivity index (χ1v) is 21.8. The molecule has 0 bridgehead atoms. The zero-order chi connectivity index (χ0) is 36.8. The Hall–Kier alpha value is -1.73. The highest BCUT2D eigenvalue weighted by atomic mass is 31.2. The summed E-state index contributed by atoms with van der Waals surface area (Å²) in [4.78, 5) is 34.6. The van der Waals surface area contributed by atoms with Crippen molar-refractivity contribution >= 4 is 19.8 Å². The molecular formula is C41H75O8P. The summed E-state index contributed by atoms with van der Waals surface area (Å²) in [5.74, 6) is -0.828. The van der Waals surface area contributed by atoms with Crippen molar-refractivity contribution in [3.8, 4) is 0 Å². The number of rotatable bonds is 37. The fraction of sp³-hybridized carbons (Fsp3) is 0.805. The maximum Gasteiger partial charge on any atom is 0.472 e. The SMILES string of the molecule is CC/C=C\C/C=C\C/C=C\CCCCCC(=O)OC(COC(=O)CCCCCCCCCCCCCCCCCCC)COP(=O)(O)OCC. The van der Waals surface area contributed by atoms with E-state index in [9.17, 15) is 19.0 Å². The molecule has 0 saturated heterocycles. The second-order valence-electron chi connectivity index (χ2n) is 13.3. The van der Waals surface area contributed by atoms with Crippen LogP contribution in [0.25, 0.3) is 0 Å². The highest BCUT2D eigenvalue weighted by molar-refractivity contribution is 7.47. The Labute approximate surface area is 306 Å². The zero-order valence-electron chi connectivity index (χ0n) is 32.3. The molecule has 0 fully saturated rings. The Balaban J connectivity index is 4.11. The van der Waals surface area contributed by atoms with Crippen LogP contribution in [-0.4, -0.2) is 42.8 Å². The van der Waals surface area contributed by atoms with Gasteiger partial charge in [-0.2, -0.15) is 0 Å². The predicted molar refractivity (Wildman–Crippen MR) is 207 cm³/mol. The minimum atomic E-state index is -4.28. The van der Waals surface area contributed by atoms with Crippen molar-refractivity contribution in [1.82, 2.24) is 0 Å². The minimum Gasteiger partial charge on any atom is -0.462 e. The number of ether oxygens (including phenoxy) is 2. The monoisotopic (exact) mass is 727 g/mol. The van der Waals surface area contributed by atoms with Crippen LogP contribution in [0.15, 0.2) is 36.5 Å². The van der Waals surface area contributed by atoms with E-state index >= 15 is 0 Å². The lowest BCUT2D eigenvalue weighted by molar-refractivity contribution is -0.161. The van der Waals surface area contributed by atoms with Crippen LogP contribution in [0.3, 0.4) is 0 Å². The van der Waals surface area contributed by atoms with Gasteiger partial charge < -0.3 is 14.4 Å². The second-order valence-corrected chi connectivity index (χ2v) is 14.7. The minimum absolute atomic E-state index is 0.00485. The molecular weight excluding hydrogens is 651 g/mol. The molecule has 0 aliphatic heterocycles. The van der Waals surface area contributed by atoms with E-state index in [1.807, 2.05) is 0 Å². The van der Waals surface area contributed by atoms with E-state index in [0.717, 1.165) is 57.8 Å². The molecule has 0 heterocycles. The van der Waals surface area contributed by atoms with Gasteiger partial charge in [0, 0.05) is 12.8 Å². The molecule has 50 heavy (non-hydrogen) atoms. The van der Waals surface area contributed by atoms with Gasteiger partial charge >= 0.3 is 19.8 Å². The first kappa shape index (κ1) is 48.3. The Morgan fingerprint density at radius 3 is 1.54 bits per heavy atom. The van der Waals surface area contributed by atoms with E-state index in [1.54, 1.807) is 6.92 Å². The summed E-state index contributed by atoms with van der Waals surface area (Å²) in [6.07, 6.45) is 40.6. The third-order valence-electron chi connectivity index (χ3n) is 8.46. The normalized spacial score (nSPS) is 13.8. The number of carbonyl (C=O) groups is 2. The fourth-order valence-electron chi connectivity index (χ4n) is 5.53. The summed E-state index contributed by atoms with van der Waals surface area (Å²) in [5.41, 5.74) is 0. The lowest BCUT2D eigenvalue weighted by Gasteiger charge is -2.19. The summed E-state index contributed by atoms with van der Waals surface area (Å²) in [6.45, 7) is 5.33. The van der Waals surface area contributed by atoms with Gasteiger partial charge in [0.15, 0.2) is 6.10 Å². The highest BCUT2D eigenvalue weighted by Gasteiger charge is 2.25. The topological polar surface area (TPSA) is 108 Å². The molecule has 0 saturated carbocycles. The van der Waals surface area contributed by atoms with Gasteiger partial charge in [-0.15, -0.1) is 0 Å². The molecule has 292 valence electrons. The van der Waals surface area contributed by atoms with Crippen molar-refractivity contribution in [2.24, 2.45) is 0 Å². The van der Waals surface area contributed by atoms with Gasteiger partial charge in [0.25, 0.3) is 0 Å². The number of hydrogen-bond acceptors (Lipinski definition) is 7. The summed E-state index contributed by atoms with van der Waals surface area (Å²) >= 11 is 0. The summed E-state index contributed by atoms with van der Waals surface area (Å²) < 4.78 is 32.5. The zero-order valence-corrected chi connectivity index (χ0v) is 33.2. The molecule has 0 radical (unpaired) electrons. The number of hydrogen-bond donors (Lipinski definition) is 1. The maximum atomic E-state index is 12.5. The van der Waals surface area contributed by atoms with Gasteiger partial charge in [0.1, 0.15) is 6.61 Å². The number of phosphoric ester groups is 1.